The van der Waals surface area contributed by atoms with Crippen LogP contribution in [0, 0.1) is 5.92 Å². The minimum absolute atomic E-state index is 0.550. The first-order valence-corrected chi connectivity index (χ1v) is 6.03. The molecule has 2 rings (SSSR count). The van der Waals surface area contributed by atoms with Gasteiger partial charge in [0.05, 0.1) is 14.2 Å². The summed E-state index contributed by atoms with van der Waals surface area (Å²) >= 11 is 0. The molecule has 0 spiro atoms. The average molecular weight is 232 g/mol. The van der Waals surface area contributed by atoms with E-state index in [1.54, 1.807) is 14.2 Å². The number of allylic oxidation sites excluding steroid dienone is 2. The molecule has 0 bridgehead atoms. The lowest BCUT2D eigenvalue weighted by molar-refractivity contribution is 0.354. The lowest BCUT2D eigenvalue weighted by Gasteiger charge is -2.14. The van der Waals surface area contributed by atoms with Gasteiger partial charge in [-0.2, -0.15) is 0 Å². The van der Waals surface area contributed by atoms with Crippen molar-refractivity contribution < 1.29 is 9.47 Å². The van der Waals surface area contributed by atoms with E-state index >= 15 is 0 Å². The maximum absolute atomic E-state index is 5.38. The number of rotatable bonds is 3. The Morgan fingerprint density at radius 2 is 1.65 bits per heavy atom. The van der Waals surface area contributed by atoms with Gasteiger partial charge in [-0.1, -0.05) is 19.4 Å². The van der Waals surface area contributed by atoms with E-state index in [1.807, 2.05) is 0 Å². The zero-order chi connectivity index (χ0) is 12.6. The van der Waals surface area contributed by atoms with E-state index in [4.69, 9.17) is 9.47 Å². The Bertz CT molecular complexity index is 470. The molecule has 92 valence electrons. The van der Waals surface area contributed by atoms with Crippen molar-refractivity contribution in [1.82, 2.24) is 0 Å². The zero-order valence-corrected chi connectivity index (χ0v) is 11.3. The summed E-state index contributed by atoms with van der Waals surface area (Å²) < 4.78 is 10.7. The van der Waals surface area contributed by atoms with Crippen LogP contribution in [0.4, 0.5) is 0 Å². The Kier molecular flexibility index (Phi) is 3.14. The van der Waals surface area contributed by atoms with Gasteiger partial charge in [-0.25, -0.2) is 0 Å². The summed E-state index contributed by atoms with van der Waals surface area (Å²) in [5.41, 5.74) is 5.60. The molecule has 0 unspecified atom stereocenters. The molecule has 1 aliphatic carbocycles. The van der Waals surface area contributed by atoms with Crippen molar-refractivity contribution in [3.05, 3.63) is 28.8 Å². The van der Waals surface area contributed by atoms with Gasteiger partial charge in [0.15, 0.2) is 11.5 Å². The molecule has 1 aliphatic rings. The van der Waals surface area contributed by atoms with Gasteiger partial charge < -0.3 is 9.47 Å². The largest absolute Gasteiger partial charge is 0.493 e. The fourth-order valence-corrected chi connectivity index (χ4v) is 2.73. The van der Waals surface area contributed by atoms with Crippen LogP contribution in [0.3, 0.4) is 0 Å². The first-order chi connectivity index (χ1) is 8.08. The standard InChI is InChI=1S/C15H20O2/c1-9(2)15-10(3)6-11-7-13(16-4)14(17-5)8-12(11)15/h7-9H,6H2,1-5H3. The molecule has 2 nitrogen and oxygen atoms in total. The van der Waals surface area contributed by atoms with Crippen molar-refractivity contribution in [3.8, 4) is 11.5 Å². The molecule has 0 amide bonds. The van der Waals surface area contributed by atoms with Crippen molar-refractivity contribution in [3.63, 3.8) is 0 Å². The minimum atomic E-state index is 0.550. The van der Waals surface area contributed by atoms with E-state index in [2.05, 4.69) is 32.9 Å². The zero-order valence-electron chi connectivity index (χ0n) is 11.3. The lowest BCUT2D eigenvalue weighted by Crippen LogP contribution is -1.96. The van der Waals surface area contributed by atoms with Crippen LogP contribution in [-0.2, 0) is 6.42 Å². The second kappa shape index (κ2) is 4.44. The highest BCUT2D eigenvalue weighted by molar-refractivity contribution is 5.79. The summed E-state index contributed by atoms with van der Waals surface area (Å²) in [4.78, 5) is 0. The van der Waals surface area contributed by atoms with Crippen LogP contribution >= 0.6 is 0 Å². The van der Waals surface area contributed by atoms with Crippen LogP contribution in [0.2, 0.25) is 0 Å². The van der Waals surface area contributed by atoms with Crippen molar-refractivity contribution in [2.24, 2.45) is 5.92 Å². The van der Waals surface area contributed by atoms with E-state index in [0.717, 1.165) is 17.9 Å². The fraction of sp³-hybridized carbons (Fsp3) is 0.467. The maximum atomic E-state index is 5.38. The number of methoxy groups -OCH3 is 2. The molecule has 0 saturated heterocycles. The number of ether oxygens (including phenoxy) is 2. The number of hydrogen-bond donors (Lipinski definition) is 0. The van der Waals surface area contributed by atoms with E-state index in [9.17, 15) is 0 Å². The Morgan fingerprint density at radius 3 is 2.18 bits per heavy atom. The molecular formula is C15H20O2. The van der Waals surface area contributed by atoms with E-state index in [0.29, 0.717) is 5.92 Å². The summed E-state index contributed by atoms with van der Waals surface area (Å²) in [6.07, 6.45) is 1.03. The molecule has 0 N–H and O–H groups in total. The lowest BCUT2D eigenvalue weighted by atomic mass is 9.95. The SMILES string of the molecule is COc1cc2c(cc1OC)C(C(C)C)=C(C)C2. The number of fused-ring (bicyclic) bond motifs is 1. The van der Waals surface area contributed by atoms with Crippen molar-refractivity contribution in [2.45, 2.75) is 27.2 Å². The van der Waals surface area contributed by atoms with Gasteiger partial charge in [-0.15, -0.1) is 0 Å². The van der Waals surface area contributed by atoms with Gasteiger partial charge in [-0.3, -0.25) is 0 Å². The first-order valence-electron chi connectivity index (χ1n) is 6.03. The fourth-order valence-electron chi connectivity index (χ4n) is 2.73. The smallest absolute Gasteiger partial charge is 0.161 e. The summed E-state index contributed by atoms with van der Waals surface area (Å²) in [5.74, 6) is 2.19. The number of hydrogen-bond acceptors (Lipinski definition) is 2. The van der Waals surface area contributed by atoms with Crippen LogP contribution in [-0.4, -0.2) is 14.2 Å². The molecule has 0 radical (unpaired) electrons. The Balaban J connectivity index is 2.55. The van der Waals surface area contributed by atoms with Crippen molar-refractivity contribution in [2.75, 3.05) is 14.2 Å². The topological polar surface area (TPSA) is 18.5 Å². The third kappa shape index (κ3) is 1.92. The molecule has 0 fully saturated rings. The Hall–Kier alpha value is -1.44. The summed E-state index contributed by atoms with van der Waals surface area (Å²) in [5, 5.41) is 0. The van der Waals surface area contributed by atoms with Crippen molar-refractivity contribution in [1.29, 1.82) is 0 Å². The predicted molar refractivity (Wildman–Crippen MR) is 70.7 cm³/mol. The van der Waals surface area contributed by atoms with Gasteiger partial charge in [0.1, 0.15) is 0 Å². The quantitative estimate of drug-likeness (QED) is 0.791. The van der Waals surface area contributed by atoms with Crippen LogP contribution < -0.4 is 9.47 Å². The molecule has 0 aromatic heterocycles. The summed E-state index contributed by atoms with van der Waals surface area (Å²) in [7, 11) is 3.37. The number of benzene rings is 1. The Labute approximate surface area is 103 Å². The van der Waals surface area contributed by atoms with Crippen LogP contribution in [0.1, 0.15) is 31.9 Å². The molecule has 0 atom stereocenters. The van der Waals surface area contributed by atoms with Crippen LogP contribution in [0.25, 0.3) is 5.57 Å². The molecular weight excluding hydrogens is 212 g/mol. The van der Waals surface area contributed by atoms with Gasteiger partial charge in [0.2, 0.25) is 0 Å². The molecule has 0 heterocycles. The molecule has 2 heteroatoms. The van der Waals surface area contributed by atoms with Gasteiger partial charge >= 0.3 is 0 Å². The Morgan fingerprint density at radius 1 is 1.06 bits per heavy atom. The molecule has 17 heavy (non-hydrogen) atoms. The third-order valence-electron chi connectivity index (χ3n) is 3.39. The van der Waals surface area contributed by atoms with E-state index in [-0.39, 0.29) is 0 Å². The van der Waals surface area contributed by atoms with Gasteiger partial charge in [-0.05, 0) is 48.1 Å². The minimum Gasteiger partial charge on any atom is -0.493 e. The second-order valence-corrected chi connectivity index (χ2v) is 4.89. The first kappa shape index (κ1) is 12.0. The summed E-state index contributed by atoms with van der Waals surface area (Å²) in [6, 6.07) is 4.22. The normalized spacial score (nSPS) is 14.2. The van der Waals surface area contributed by atoms with Gasteiger partial charge in [0.25, 0.3) is 0 Å². The second-order valence-electron chi connectivity index (χ2n) is 4.89. The van der Waals surface area contributed by atoms with E-state index in [1.165, 1.54) is 22.3 Å². The molecule has 1 aromatic rings. The highest BCUT2D eigenvalue weighted by Gasteiger charge is 2.23. The van der Waals surface area contributed by atoms with Gasteiger partial charge in [0, 0.05) is 0 Å². The highest BCUT2D eigenvalue weighted by atomic mass is 16.5. The maximum Gasteiger partial charge on any atom is 0.161 e. The average Bonchev–Trinajstić information content (AvgIpc) is 2.61. The molecule has 0 aliphatic heterocycles. The molecule has 0 saturated carbocycles. The predicted octanol–water partition coefficient (Wildman–Crippen LogP) is 3.69. The molecule has 1 aromatic carbocycles. The van der Waals surface area contributed by atoms with E-state index < -0.39 is 0 Å². The summed E-state index contributed by atoms with van der Waals surface area (Å²) in [6.45, 7) is 6.70. The third-order valence-corrected chi connectivity index (χ3v) is 3.39. The monoisotopic (exact) mass is 232 g/mol. The van der Waals surface area contributed by atoms with Crippen LogP contribution in [0.15, 0.2) is 17.7 Å². The van der Waals surface area contributed by atoms with Crippen LogP contribution in [0.5, 0.6) is 11.5 Å². The van der Waals surface area contributed by atoms with Crippen molar-refractivity contribution >= 4 is 5.57 Å². The highest BCUT2D eigenvalue weighted by Crippen LogP contribution is 2.42.